The number of aliphatic hydroxyl groups excluding tert-OH is 1. The fraction of sp³-hybridized carbons (Fsp3) is 1.00. The van der Waals surface area contributed by atoms with Crippen LogP contribution in [0.2, 0.25) is 0 Å². The first-order chi connectivity index (χ1) is 7.81. The fourth-order valence-electron chi connectivity index (χ4n) is 3.16. The smallest absolute Gasteiger partial charge is 0.0431 e. The monoisotopic (exact) mass is 226 g/mol. The third-order valence-corrected chi connectivity index (χ3v) is 4.17. The molecule has 0 radical (unpaired) electrons. The lowest BCUT2D eigenvalue weighted by Crippen LogP contribution is -2.54. The van der Waals surface area contributed by atoms with Crippen LogP contribution < -0.4 is 0 Å². The minimum Gasteiger partial charge on any atom is -0.396 e. The molecule has 0 saturated carbocycles. The van der Waals surface area contributed by atoms with E-state index in [1.807, 2.05) is 0 Å². The van der Waals surface area contributed by atoms with Crippen molar-refractivity contribution < 1.29 is 5.11 Å². The molecule has 2 aliphatic rings. The summed E-state index contributed by atoms with van der Waals surface area (Å²) in [6, 6.07) is 1.57. The van der Waals surface area contributed by atoms with E-state index < -0.39 is 0 Å². The van der Waals surface area contributed by atoms with Gasteiger partial charge in [-0.25, -0.2) is 0 Å². The number of hydrogen-bond donors (Lipinski definition) is 1. The van der Waals surface area contributed by atoms with Gasteiger partial charge < -0.3 is 5.11 Å². The number of rotatable bonds is 5. The molecule has 0 amide bonds. The number of piperazine rings is 1. The zero-order chi connectivity index (χ0) is 11.4. The fourth-order valence-corrected chi connectivity index (χ4v) is 3.16. The highest BCUT2D eigenvalue weighted by Gasteiger charge is 2.33. The van der Waals surface area contributed by atoms with Crippen LogP contribution in [-0.4, -0.2) is 59.8 Å². The molecule has 0 aliphatic carbocycles. The molecule has 2 aliphatic heterocycles. The molecule has 2 saturated heterocycles. The summed E-state index contributed by atoms with van der Waals surface area (Å²) in [7, 11) is 0. The molecule has 16 heavy (non-hydrogen) atoms. The number of fused-ring (bicyclic) bond motifs is 1. The van der Waals surface area contributed by atoms with Crippen molar-refractivity contribution in [2.45, 2.75) is 51.1 Å². The normalized spacial score (nSPS) is 31.9. The molecule has 0 aromatic carbocycles. The lowest BCUT2D eigenvalue weighted by atomic mass is 10.1. The summed E-state index contributed by atoms with van der Waals surface area (Å²) < 4.78 is 0. The van der Waals surface area contributed by atoms with Gasteiger partial charge in [-0.05, 0) is 52.1 Å². The van der Waals surface area contributed by atoms with Gasteiger partial charge in [0.15, 0.2) is 0 Å². The highest BCUT2D eigenvalue weighted by molar-refractivity contribution is 4.90. The summed E-state index contributed by atoms with van der Waals surface area (Å²) in [6.45, 7) is 7.82. The summed E-state index contributed by atoms with van der Waals surface area (Å²) >= 11 is 0. The van der Waals surface area contributed by atoms with Gasteiger partial charge >= 0.3 is 0 Å². The van der Waals surface area contributed by atoms with Crippen LogP contribution >= 0.6 is 0 Å². The topological polar surface area (TPSA) is 26.7 Å². The quantitative estimate of drug-likeness (QED) is 0.716. The van der Waals surface area contributed by atoms with Gasteiger partial charge in [0, 0.05) is 31.8 Å². The van der Waals surface area contributed by atoms with E-state index in [0.717, 1.165) is 18.5 Å². The highest BCUT2D eigenvalue weighted by atomic mass is 16.2. The molecule has 2 rings (SSSR count). The van der Waals surface area contributed by atoms with Crippen molar-refractivity contribution in [1.82, 2.24) is 9.80 Å². The van der Waals surface area contributed by atoms with Crippen molar-refractivity contribution in [3.05, 3.63) is 0 Å². The number of unbranched alkanes of at least 4 members (excludes halogenated alkanes) is 2. The molecule has 0 bridgehead atoms. The lowest BCUT2D eigenvalue weighted by molar-refractivity contribution is 0.0581. The third kappa shape index (κ3) is 2.96. The molecule has 3 heteroatoms. The standard InChI is InChI=1S/C13H26N2O/c1-12-10-15-8-5-6-13(15)11-14(12)7-3-2-4-9-16/h12-13,16H,2-11H2,1H3. The zero-order valence-electron chi connectivity index (χ0n) is 10.6. The van der Waals surface area contributed by atoms with Gasteiger partial charge in [-0.3, -0.25) is 9.80 Å². The van der Waals surface area contributed by atoms with Gasteiger partial charge in [0.25, 0.3) is 0 Å². The Hall–Kier alpha value is -0.120. The predicted octanol–water partition coefficient (Wildman–Crippen LogP) is 1.32. The SMILES string of the molecule is CC1CN2CCCC2CN1CCCCCO. The number of nitrogens with zero attached hydrogens (tertiary/aromatic N) is 2. The Kier molecular flexibility index (Phi) is 4.62. The Labute approximate surface area is 99.4 Å². The van der Waals surface area contributed by atoms with Crippen molar-refractivity contribution in [2.24, 2.45) is 0 Å². The highest BCUT2D eigenvalue weighted by Crippen LogP contribution is 2.24. The maximum Gasteiger partial charge on any atom is 0.0431 e. The Morgan fingerprint density at radius 3 is 2.88 bits per heavy atom. The van der Waals surface area contributed by atoms with Gasteiger partial charge in [-0.1, -0.05) is 0 Å². The van der Waals surface area contributed by atoms with Crippen LogP contribution in [0.5, 0.6) is 0 Å². The second-order valence-electron chi connectivity index (χ2n) is 5.42. The van der Waals surface area contributed by atoms with Gasteiger partial charge in [0.05, 0.1) is 0 Å². The Morgan fingerprint density at radius 2 is 2.06 bits per heavy atom. The zero-order valence-corrected chi connectivity index (χ0v) is 10.6. The van der Waals surface area contributed by atoms with E-state index in [-0.39, 0.29) is 0 Å². The van der Waals surface area contributed by atoms with E-state index in [0.29, 0.717) is 6.61 Å². The van der Waals surface area contributed by atoms with E-state index >= 15 is 0 Å². The number of hydrogen-bond acceptors (Lipinski definition) is 3. The van der Waals surface area contributed by atoms with Crippen LogP contribution in [0.15, 0.2) is 0 Å². The van der Waals surface area contributed by atoms with Gasteiger partial charge in [0.2, 0.25) is 0 Å². The van der Waals surface area contributed by atoms with Crippen LogP contribution in [0.3, 0.4) is 0 Å². The lowest BCUT2D eigenvalue weighted by Gasteiger charge is -2.42. The van der Waals surface area contributed by atoms with Crippen LogP contribution in [0, 0.1) is 0 Å². The van der Waals surface area contributed by atoms with E-state index in [1.54, 1.807) is 0 Å². The van der Waals surface area contributed by atoms with Gasteiger partial charge in [-0.15, -0.1) is 0 Å². The van der Waals surface area contributed by atoms with Crippen LogP contribution in [-0.2, 0) is 0 Å². The van der Waals surface area contributed by atoms with Crippen LogP contribution in [0.25, 0.3) is 0 Å². The van der Waals surface area contributed by atoms with Crippen LogP contribution in [0.4, 0.5) is 0 Å². The molecule has 2 heterocycles. The summed E-state index contributed by atoms with van der Waals surface area (Å²) in [5.74, 6) is 0. The van der Waals surface area contributed by atoms with E-state index in [1.165, 1.54) is 51.9 Å². The number of aliphatic hydroxyl groups is 1. The Morgan fingerprint density at radius 1 is 1.19 bits per heavy atom. The summed E-state index contributed by atoms with van der Waals surface area (Å²) in [6.07, 6.45) is 6.19. The van der Waals surface area contributed by atoms with E-state index in [2.05, 4.69) is 16.7 Å². The first-order valence-electron chi connectivity index (χ1n) is 6.90. The molecule has 0 aromatic heterocycles. The molecule has 3 nitrogen and oxygen atoms in total. The second kappa shape index (κ2) is 5.99. The molecule has 2 unspecified atom stereocenters. The van der Waals surface area contributed by atoms with Crippen molar-refractivity contribution >= 4 is 0 Å². The summed E-state index contributed by atoms with van der Waals surface area (Å²) in [5.41, 5.74) is 0. The molecule has 2 atom stereocenters. The summed E-state index contributed by atoms with van der Waals surface area (Å²) in [5, 5.41) is 8.76. The maximum atomic E-state index is 8.76. The summed E-state index contributed by atoms with van der Waals surface area (Å²) in [4.78, 5) is 5.33. The van der Waals surface area contributed by atoms with Crippen LogP contribution in [0.1, 0.15) is 39.0 Å². The predicted molar refractivity (Wildman–Crippen MR) is 66.6 cm³/mol. The third-order valence-electron chi connectivity index (χ3n) is 4.17. The minimum atomic E-state index is 0.353. The molecule has 94 valence electrons. The molecule has 2 fully saturated rings. The van der Waals surface area contributed by atoms with Crippen molar-refractivity contribution in [3.8, 4) is 0 Å². The minimum absolute atomic E-state index is 0.353. The molecule has 0 spiro atoms. The molecular formula is C13H26N2O. The van der Waals surface area contributed by atoms with Gasteiger partial charge in [-0.2, -0.15) is 0 Å². The molecule has 0 aromatic rings. The van der Waals surface area contributed by atoms with E-state index in [4.69, 9.17) is 5.11 Å². The average molecular weight is 226 g/mol. The Balaban J connectivity index is 1.72. The average Bonchev–Trinajstić information content (AvgIpc) is 2.71. The maximum absolute atomic E-state index is 8.76. The van der Waals surface area contributed by atoms with E-state index in [9.17, 15) is 0 Å². The molecule has 1 N–H and O–H groups in total. The first-order valence-corrected chi connectivity index (χ1v) is 6.90. The van der Waals surface area contributed by atoms with Crippen molar-refractivity contribution in [1.29, 1.82) is 0 Å². The largest absolute Gasteiger partial charge is 0.396 e. The van der Waals surface area contributed by atoms with Crippen molar-refractivity contribution in [3.63, 3.8) is 0 Å². The Bertz CT molecular complexity index is 210. The molecular weight excluding hydrogens is 200 g/mol. The second-order valence-corrected chi connectivity index (χ2v) is 5.42. The first kappa shape index (κ1) is 12.3. The van der Waals surface area contributed by atoms with Crippen molar-refractivity contribution in [2.75, 3.05) is 32.8 Å². The van der Waals surface area contributed by atoms with Gasteiger partial charge in [0.1, 0.15) is 0 Å².